The quantitative estimate of drug-likeness (QED) is 0.754. The monoisotopic (exact) mass is 412 g/mol. The smallest absolute Gasteiger partial charge is 0.283 e. The highest BCUT2D eigenvalue weighted by atomic mass is 19.1. The highest BCUT2D eigenvalue weighted by molar-refractivity contribution is 5.95. The number of pyridine rings is 1. The SMILES string of the molecule is N#Cc1ccc(C(=O)Cc2ccc(F)c([C@]3(CF)CC4(COC4)OC(N)=N3)c2)nc1. The average Bonchev–Trinajstić information content (AvgIpc) is 2.73. The number of nitriles is 1. The fraction of sp³-hybridized carbons (Fsp3) is 0.333. The van der Waals surface area contributed by atoms with Gasteiger partial charge in [0.15, 0.2) is 11.4 Å². The summed E-state index contributed by atoms with van der Waals surface area (Å²) >= 11 is 0. The molecule has 1 spiro atoms. The van der Waals surface area contributed by atoms with Crippen LogP contribution in [-0.4, -0.2) is 42.3 Å². The number of hydrogen-bond acceptors (Lipinski definition) is 7. The van der Waals surface area contributed by atoms with Gasteiger partial charge in [0.1, 0.15) is 29.8 Å². The minimum absolute atomic E-state index is 0.0145. The zero-order valence-corrected chi connectivity index (χ0v) is 15.9. The lowest BCUT2D eigenvalue weighted by Crippen LogP contribution is -2.60. The third-order valence-electron chi connectivity index (χ3n) is 5.29. The number of nitrogens with two attached hydrogens (primary N) is 1. The Hall–Kier alpha value is -3.38. The van der Waals surface area contributed by atoms with Crippen molar-refractivity contribution in [2.75, 3.05) is 19.9 Å². The summed E-state index contributed by atoms with van der Waals surface area (Å²) in [5.74, 6) is -0.959. The fourth-order valence-corrected chi connectivity index (χ4v) is 3.80. The van der Waals surface area contributed by atoms with Crippen LogP contribution in [0, 0.1) is 17.1 Å². The molecule has 4 rings (SSSR count). The van der Waals surface area contributed by atoms with Crippen LogP contribution in [0.15, 0.2) is 41.5 Å². The minimum atomic E-state index is -1.55. The van der Waals surface area contributed by atoms with Crippen LogP contribution in [0.3, 0.4) is 0 Å². The first-order valence-electron chi connectivity index (χ1n) is 9.25. The summed E-state index contributed by atoms with van der Waals surface area (Å²) in [6.07, 6.45) is 1.31. The third-order valence-corrected chi connectivity index (χ3v) is 5.29. The molecule has 2 aromatic rings. The zero-order valence-electron chi connectivity index (χ0n) is 15.9. The number of Topliss-reactive ketones (excluding diaryl/α,β-unsaturated/α-hetero) is 1. The van der Waals surface area contributed by atoms with E-state index in [1.165, 1.54) is 36.5 Å². The summed E-state index contributed by atoms with van der Waals surface area (Å²) in [7, 11) is 0. The molecule has 0 unspecified atom stereocenters. The highest BCUT2D eigenvalue weighted by Gasteiger charge is 2.53. The van der Waals surface area contributed by atoms with E-state index in [1.807, 2.05) is 6.07 Å². The molecule has 3 heterocycles. The zero-order chi connectivity index (χ0) is 21.4. The minimum Gasteiger partial charge on any atom is -0.454 e. The molecule has 9 heteroatoms. The normalized spacial score (nSPS) is 21.8. The van der Waals surface area contributed by atoms with Crippen LogP contribution in [0.2, 0.25) is 0 Å². The van der Waals surface area contributed by atoms with Crippen LogP contribution < -0.4 is 5.73 Å². The molecule has 154 valence electrons. The summed E-state index contributed by atoms with van der Waals surface area (Å²) in [4.78, 5) is 20.6. The Bertz CT molecular complexity index is 1060. The number of ether oxygens (including phenoxy) is 2. The molecule has 2 aliphatic rings. The molecule has 0 radical (unpaired) electrons. The summed E-state index contributed by atoms with van der Waals surface area (Å²) in [6.45, 7) is -0.547. The Morgan fingerprint density at radius 3 is 2.70 bits per heavy atom. The molecule has 0 bridgehead atoms. The van der Waals surface area contributed by atoms with Crippen molar-refractivity contribution in [3.63, 3.8) is 0 Å². The Morgan fingerprint density at radius 2 is 2.10 bits per heavy atom. The summed E-state index contributed by atoms with van der Waals surface area (Å²) in [5.41, 5.74) is 4.40. The van der Waals surface area contributed by atoms with Gasteiger partial charge in [0.2, 0.25) is 0 Å². The van der Waals surface area contributed by atoms with Crippen LogP contribution >= 0.6 is 0 Å². The van der Waals surface area contributed by atoms with Crippen molar-refractivity contribution in [1.82, 2.24) is 4.98 Å². The van der Waals surface area contributed by atoms with Gasteiger partial charge in [-0.1, -0.05) is 6.07 Å². The van der Waals surface area contributed by atoms with E-state index in [-0.39, 0.29) is 49.1 Å². The van der Waals surface area contributed by atoms with Crippen LogP contribution in [0.5, 0.6) is 0 Å². The molecule has 30 heavy (non-hydrogen) atoms. The van der Waals surface area contributed by atoms with E-state index in [1.54, 1.807) is 0 Å². The van der Waals surface area contributed by atoms with Gasteiger partial charge in [0.05, 0.1) is 18.8 Å². The van der Waals surface area contributed by atoms with Gasteiger partial charge in [0, 0.05) is 24.6 Å². The van der Waals surface area contributed by atoms with E-state index in [9.17, 15) is 13.6 Å². The molecule has 2 N–H and O–H groups in total. The van der Waals surface area contributed by atoms with Crippen molar-refractivity contribution in [3.05, 3.63) is 64.7 Å². The van der Waals surface area contributed by atoms with Gasteiger partial charge in [-0.2, -0.15) is 5.26 Å². The summed E-state index contributed by atoms with van der Waals surface area (Å²) < 4.78 is 39.7. The van der Waals surface area contributed by atoms with Gasteiger partial charge in [0.25, 0.3) is 6.02 Å². The number of rotatable bonds is 5. The molecular weight excluding hydrogens is 394 g/mol. The predicted molar refractivity (Wildman–Crippen MR) is 102 cm³/mol. The maximum atomic E-state index is 14.8. The molecule has 1 aromatic carbocycles. The third kappa shape index (κ3) is 3.50. The van der Waals surface area contributed by atoms with Crippen molar-refractivity contribution in [3.8, 4) is 6.07 Å². The van der Waals surface area contributed by atoms with E-state index < -0.39 is 23.6 Å². The number of amidine groups is 1. The lowest BCUT2D eigenvalue weighted by Gasteiger charge is -2.48. The van der Waals surface area contributed by atoms with E-state index in [0.29, 0.717) is 11.1 Å². The van der Waals surface area contributed by atoms with E-state index in [4.69, 9.17) is 20.5 Å². The second-order valence-corrected chi connectivity index (χ2v) is 7.53. The van der Waals surface area contributed by atoms with E-state index in [2.05, 4.69) is 9.98 Å². The Morgan fingerprint density at radius 1 is 1.30 bits per heavy atom. The molecule has 7 nitrogen and oxygen atoms in total. The molecule has 2 aliphatic heterocycles. The molecule has 0 aliphatic carbocycles. The topological polar surface area (TPSA) is 111 Å². The molecular formula is C21H18F2N4O3. The van der Waals surface area contributed by atoms with Crippen molar-refractivity contribution in [1.29, 1.82) is 5.26 Å². The van der Waals surface area contributed by atoms with Gasteiger partial charge in [-0.3, -0.25) is 9.78 Å². The second-order valence-electron chi connectivity index (χ2n) is 7.53. The number of aliphatic imine (C=N–C) groups is 1. The first-order chi connectivity index (χ1) is 14.4. The molecule has 1 aromatic heterocycles. The summed E-state index contributed by atoms with van der Waals surface area (Å²) in [6, 6.07) is 8.75. The largest absolute Gasteiger partial charge is 0.454 e. The number of alkyl halides is 1. The Kier molecular flexibility index (Phi) is 4.95. The van der Waals surface area contributed by atoms with Gasteiger partial charge in [-0.05, 0) is 29.8 Å². The van der Waals surface area contributed by atoms with Gasteiger partial charge in [-0.15, -0.1) is 0 Å². The number of benzene rings is 1. The van der Waals surface area contributed by atoms with Crippen LogP contribution in [-0.2, 0) is 21.4 Å². The highest BCUT2D eigenvalue weighted by Crippen LogP contribution is 2.44. The van der Waals surface area contributed by atoms with Crippen LogP contribution in [0.25, 0.3) is 0 Å². The van der Waals surface area contributed by atoms with Crippen LogP contribution in [0.4, 0.5) is 8.78 Å². The van der Waals surface area contributed by atoms with Crippen molar-refractivity contribution < 1.29 is 23.0 Å². The number of hydrogen-bond donors (Lipinski definition) is 1. The number of nitrogens with zero attached hydrogens (tertiary/aromatic N) is 3. The second kappa shape index (κ2) is 7.46. The van der Waals surface area contributed by atoms with E-state index >= 15 is 0 Å². The molecule has 1 fully saturated rings. The first kappa shape index (κ1) is 19.9. The van der Waals surface area contributed by atoms with Crippen molar-refractivity contribution in [2.45, 2.75) is 24.0 Å². The van der Waals surface area contributed by atoms with Crippen molar-refractivity contribution in [2.24, 2.45) is 10.7 Å². The lowest BCUT2D eigenvalue weighted by molar-refractivity contribution is -0.189. The number of aromatic nitrogens is 1. The van der Waals surface area contributed by atoms with Gasteiger partial charge >= 0.3 is 0 Å². The lowest BCUT2D eigenvalue weighted by atomic mass is 9.77. The van der Waals surface area contributed by atoms with Crippen LogP contribution in [0.1, 0.15) is 33.6 Å². The maximum absolute atomic E-state index is 14.8. The Labute approximate surface area is 171 Å². The number of halogens is 2. The average molecular weight is 412 g/mol. The van der Waals surface area contributed by atoms with E-state index in [0.717, 1.165) is 0 Å². The number of carbonyl (C=O) groups is 1. The Balaban J connectivity index is 1.65. The first-order valence-corrected chi connectivity index (χ1v) is 9.25. The standard InChI is InChI=1S/C21H18F2N4O3/c22-10-21(9-20(11-29-12-20)30-19(25)27-21)15-5-13(1-3-16(15)23)6-18(28)17-4-2-14(7-24)8-26-17/h1-5,8H,6,9-12H2,(H2,25,27)/t21-/m1/s1. The predicted octanol–water partition coefficient (Wildman–Crippen LogP) is 2.19. The maximum Gasteiger partial charge on any atom is 0.283 e. The summed E-state index contributed by atoms with van der Waals surface area (Å²) in [5, 5.41) is 8.83. The molecule has 0 saturated carbocycles. The van der Waals surface area contributed by atoms with Gasteiger partial charge in [-0.25, -0.2) is 13.8 Å². The fourth-order valence-electron chi connectivity index (χ4n) is 3.80. The number of carbonyl (C=O) groups excluding carboxylic acids is 1. The molecule has 0 amide bonds. The van der Waals surface area contributed by atoms with Gasteiger partial charge < -0.3 is 15.2 Å². The molecule has 1 saturated heterocycles. The molecule has 1 atom stereocenters. The number of ketones is 1. The van der Waals surface area contributed by atoms with Crippen molar-refractivity contribution >= 4 is 11.8 Å².